The maximum absolute atomic E-state index is 12.0. The van der Waals surface area contributed by atoms with E-state index in [1.165, 1.54) is 5.56 Å². The second kappa shape index (κ2) is 5.08. The van der Waals surface area contributed by atoms with E-state index < -0.39 is 0 Å². The molecule has 1 aromatic heterocycles. The van der Waals surface area contributed by atoms with E-state index in [0.29, 0.717) is 0 Å². The molecule has 3 rings (SSSR count). The molecule has 21 heavy (non-hydrogen) atoms. The molecule has 1 unspecified atom stereocenters. The first-order chi connectivity index (χ1) is 9.99. The van der Waals surface area contributed by atoms with Crippen molar-refractivity contribution in [2.24, 2.45) is 14.1 Å². The van der Waals surface area contributed by atoms with Gasteiger partial charge < -0.3 is 0 Å². The van der Waals surface area contributed by atoms with E-state index in [-0.39, 0.29) is 11.1 Å². The Bertz CT molecular complexity index is 859. The SMILES string of the molecule is Cc1ccc(C(Cl)c2ccc3c(c2)n(C)c(=O)n3C)cc1. The molecule has 1 atom stereocenters. The van der Waals surface area contributed by atoms with Gasteiger partial charge in [-0.3, -0.25) is 9.13 Å². The molecule has 0 bridgehead atoms. The maximum atomic E-state index is 12.0. The highest BCUT2D eigenvalue weighted by atomic mass is 35.5. The highest BCUT2D eigenvalue weighted by molar-refractivity contribution is 6.22. The molecule has 0 radical (unpaired) electrons. The number of nitrogens with zero attached hydrogens (tertiary/aromatic N) is 2. The molecular formula is C17H17ClN2O. The van der Waals surface area contributed by atoms with Crippen molar-refractivity contribution in [3.8, 4) is 0 Å². The minimum atomic E-state index is -0.217. The molecular weight excluding hydrogens is 284 g/mol. The van der Waals surface area contributed by atoms with E-state index in [2.05, 4.69) is 19.1 Å². The van der Waals surface area contributed by atoms with Crippen molar-refractivity contribution in [3.05, 3.63) is 69.6 Å². The summed E-state index contributed by atoms with van der Waals surface area (Å²) >= 11 is 6.59. The van der Waals surface area contributed by atoms with E-state index in [1.807, 2.05) is 30.3 Å². The Morgan fingerprint density at radius 2 is 1.48 bits per heavy atom. The molecule has 1 heterocycles. The molecule has 3 aromatic rings. The summed E-state index contributed by atoms with van der Waals surface area (Å²) in [5.74, 6) is 0. The van der Waals surface area contributed by atoms with Crippen LogP contribution in [-0.4, -0.2) is 9.13 Å². The third kappa shape index (κ3) is 2.28. The summed E-state index contributed by atoms with van der Waals surface area (Å²) in [4.78, 5) is 12.0. The molecule has 0 aliphatic carbocycles. The lowest BCUT2D eigenvalue weighted by Gasteiger charge is -2.11. The molecule has 3 nitrogen and oxygen atoms in total. The molecule has 0 N–H and O–H groups in total. The van der Waals surface area contributed by atoms with Gasteiger partial charge in [0.2, 0.25) is 0 Å². The van der Waals surface area contributed by atoms with Crippen molar-refractivity contribution in [1.82, 2.24) is 9.13 Å². The lowest BCUT2D eigenvalue weighted by Crippen LogP contribution is -2.19. The lowest BCUT2D eigenvalue weighted by molar-refractivity contribution is 0.795. The Balaban J connectivity index is 2.10. The van der Waals surface area contributed by atoms with Crippen molar-refractivity contribution in [1.29, 1.82) is 0 Å². The van der Waals surface area contributed by atoms with Gasteiger partial charge in [-0.1, -0.05) is 35.9 Å². The summed E-state index contributed by atoms with van der Waals surface area (Å²) in [5.41, 5.74) is 5.06. The summed E-state index contributed by atoms with van der Waals surface area (Å²) < 4.78 is 3.30. The molecule has 4 heteroatoms. The second-order valence-corrected chi connectivity index (χ2v) is 5.86. The van der Waals surface area contributed by atoms with Gasteiger partial charge in [0, 0.05) is 14.1 Å². The molecule has 2 aromatic carbocycles. The molecule has 0 spiro atoms. The Labute approximate surface area is 128 Å². The fourth-order valence-corrected chi connectivity index (χ4v) is 2.89. The van der Waals surface area contributed by atoms with Crippen LogP contribution in [-0.2, 0) is 14.1 Å². The quantitative estimate of drug-likeness (QED) is 0.665. The second-order valence-electron chi connectivity index (χ2n) is 5.42. The number of alkyl halides is 1. The Morgan fingerprint density at radius 3 is 2.14 bits per heavy atom. The highest BCUT2D eigenvalue weighted by Crippen LogP contribution is 2.30. The van der Waals surface area contributed by atoms with Gasteiger partial charge in [0.25, 0.3) is 0 Å². The predicted octanol–water partition coefficient (Wildman–Crippen LogP) is 3.51. The van der Waals surface area contributed by atoms with E-state index in [9.17, 15) is 4.79 Å². The largest absolute Gasteiger partial charge is 0.328 e. The first-order valence-electron chi connectivity index (χ1n) is 6.85. The van der Waals surface area contributed by atoms with Gasteiger partial charge in [-0.2, -0.15) is 0 Å². The average Bonchev–Trinajstić information content (AvgIpc) is 2.72. The van der Waals surface area contributed by atoms with Gasteiger partial charge in [-0.05, 0) is 30.2 Å². The van der Waals surface area contributed by atoms with Crippen LogP contribution in [0.4, 0.5) is 0 Å². The number of imidazole rings is 1. The molecule has 0 saturated heterocycles. The third-order valence-electron chi connectivity index (χ3n) is 3.96. The summed E-state index contributed by atoms with van der Waals surface area (Å²) in [6, 6.07) is 14.1. The van der Waals surface area contributed by atoms with Crippen molar-refractivity contribution in [2.75, 3.05) is 0 Å². The van der Waals surface area contributed by atoms with Crippen LogP contribution >= 0.6 is 11.6 Å². The van der Waals surface area contributed by atoms with E-state index in [1.54, 1.807) is 23.2 Å². The minimum Gasteiger partial charge on any atom is -0.295 e. The van der Waals surface area contributed by atoms with E-state index in [4.69, 9.17) is 11.6 Å². The van der Waals surface area contributed by atoms with Crippen LogP contribution < -0.4 is 5.69 Å². The fourth-order valence-electron chi connectivity index (χ4n) is 2.61. The smallest absolute Gasteiger partial charge is 0.295 e. The first-order valence-corrected chi connectivity index (χ1v) is 7.28. The number of halogens is 1. The van der Waals surface area contributed by atoms with Crippen molar-refractivity contribution < 1.29 is 0 Å². The van der Waals surface area contributed by atoms with Gasteiger partial charge in [-0.25, -0.2) is 4.79 Å². The third-order valence-corrected chi connectivity index (χ3v) is 4.46. The van der Waals surface area contributed by atoms with Crippen LogP contribution in [0.2, 0.25) is 0 Å². The zero-order chi connectivity index (χ0) is 15.1. The zero-order valence-corrected chi connectivity index (χ0v) is 13.1. The van der Waals surface area contributed by atoms with Gasteiger partial charge in [0.1, 0.15) is 0 Å². The predicted molar refractivity (Wildman–Crippen MR) is 87.0 cm³/mol. The van der Waals surface area contributed by atoms with Crippen LogP contribution in [0.15, 0.2) is 47.3 Å². The maximum Gasteiger partial charge on any atom is 0.328 e. The number of aryl methyl sites for hydroxylation is 3. The van der Waals surface area contributed by atoms with E-state index in [0.717, 1.165) is 22.2 Å². The molecule has 108 valence electrons. The Hall–Kier alpha value is -2.00. The number of fused-ring (bicyclic) bond motifs is 1. The summed E-state index contributed by atoms with van der Waals surface area (Å²) in [6.07, 6.45) is 0. The lowest BCUT2D eigenvalue weighted by atomic mass is 10.0. The number of rotatable bonds is 2. The highest BCUT2D eigenvalue weighted by Gasteiger charge is 2.14. The Morgan fingerprint density at radius 1 is 0.905 bits per heavy atom. The van der Waals surface area contributed by atoms with Crippen LogP contribution in [0.25, 0.3) is 11.0 Å². The summed E-state index contributed by atoms with van der Waals surface area (Å²) in [6.45, 7) is 2.05. The van der Waals surface area contributed by atoms with Crippen molar-refractivity contribution >= 4 is 22.6 Å². The average molecular weight is 301 g/mol. The molecule has 0 amide bonds. The summed E-state index contributed by atoms with van der Waals surface area (Å²) in [7, 11) is 3.56. The number of hydrogen-bond acceptors (Lipinski definition) is 1. The molecule has 0 saturated carbocycles. The van der Waals surface area contributed by atoms with Gasteiger partial charge >= 0.3 is 5.69 Å². The van der Waals surface area contributed by atoms with Gasteiger partial charge in [0.05, 0.1) is 16.4 Å². The van der Waals surface area contributed by atoms with Crippen LogP contribution in [0, 0.1) is 6.92 Å². The number of benzene rings is 2. The number of aromatic nitrogens is 2. The van der Waals surface area contributed by atoms with Crippen molar-refractivity contribution in [3.63, 3.8) is 0 Å². The van der Waals surface area contributed by atoms with Gasteiger partial charge in [-0.15, -0.1) is 11.6 Å². The zero-order valence-electron chi connectivity index (χ0n) is 12.3. The van der Waals surface area contributed by atoms with Crippen LogP contribution in [0.1, 0.15) is 22.1 Å². The van der Waals surface area contributed by atoms with Crippen molar-refractivity contribution in [2.45, 2.75) is 12.3 Å². The molecule has 0 aliphatic heterocycles. The van der Waals surface area contributed by atoms with Crippen LogP contribution in [0.3, 0.4) is 0 Å². The van der Waals surface area contributed by atoms with E-state index >= 15 is 0 Å². The van der Waals surface area contributed by atoms with Gasteiger partial charge in [0.15, 0.2) is 0 Å². The fraction of sp³-hybridized carbons (Fsp3) is 0.235. The standard InChI is InChI=1S/C17H17ClN2O/c1-11-4-6-12(7-5-11)16(18)13-8-9-14-15(10-13)20(3)17(21)19(14)2/h4-10,16H,1-3H3. The summed E-state index contributed by atoms with van der Waals surface area (Å²) in [5, 5.41) is -0.217. The molecule has 0 aliphatic rings. The topological polar surface area (TPSA) is 26.9 Å². The monoisotopic (exact) mass is 300 g/mol. The first kappa shape index (κ1) is 14.0. The number of hydrogen-bond donors (Lipinski definition) is 0. The Kier molecular flexibility index (Phi) is 3.38. The molecule has 0 fully saturated rings. The normalized spacial score (nSPS) is 12.8. The van der Waals surface area contributed by atoms with Crippen LogP contribution in [0.5, 0.6) is 0 Å². The minimum absolute atomic E-state index is 0.0244.